The van der Waals surface area contributed by atoms with Crippen molar-refractivity contribution in [2.24, 2.45) is 28.6 Å². The Morgan fingerprint density at radius 3 is 2.54 bits per heavy atom. The van der Waals surface area contributed by atoms with Gasteiger partial charge >= 0.3 is 11.9 Å². The van der Waals surface area contributed by atoms with Crippen molar-refractivity contribution < 1.29 is 19.8 Å². The number of hydrogen-bond acceptors (Lipinski definition) is 2. The molecule has 2 N–H and O–H groups in total. The molecule has 2 aliphatic rings. The smallest absolute Gasteiger partial charge is 0.309 e. The monoisotopic (exact) mass is 336 g/mol. The molecular weight excluding hydrogens is 304 g/mol. The van der Waals surface area contributed by atoms with Crippen LogP contribution in [-0.2, 0) is 9.59 Å². The van der Waals surface area contributed by atoms with Gasteiger partial charge in [-0.25, -0.2) is 0 Å². The fourth-order valence-electron chi connectivity index (χ4n) is 5.49. The molecule has 0 unspecified atom stereocenters. The Bertz CT molecular complexity index is 538. The van der Waals surface area contributed by atoms with Crippen molar-refractivity contribution in [2.75, 3.05) is 0 Å². The van der Waals surface area contributed by atoms with Crippen LogP contribution < -0.4 is 0 Å². The Balaban J connectivity index is 2.21. The second-order valence-electron chi connectivity index (χ2n) is 8.65. The largest absolute Gasteiger partial charge is 0.481 e. The van der Waals surface area contributed by atoms with Gasteiger partial charge in [0.05, 0.1) is 5.41 Å². The summed E-state index contributed by atoms with van der Waals surface area (Å²) < 4.78 is 0. The first-order valence-electron chi connectivity index (χ1n) is 9.23. The van der Waals surface area contributed by atoms with Crippen LogP contribution in [0.15, 0.2) is 11.6 Å². The van der Waals surface area contributed by atoms with Gasteiger partial charge in [0.2, 0.25) is 0 Å². The quantitative estimate of drug-likeness (QED) is 0.687. The molecule has 0 aromatic heterocycles. The standard InChI is InChI=1S/C20H32O4/c1-13(12-17(21)22)6-8-15-14(2)7-9-16-19(15,3)10-5-11-20(16,4)18(23)24/h7,13,15-16H,5-6,8-12H2,1-4H3,(H,21,22)(H,23,24)/t13-,15+,16-,19-,20-/m1/s1. The second-order valence-corrected chi connectivity index (χ2v) is 8.65. The number of fused-ring (bicyclic) bond motifs is 1. The number of aliphatic carboxylic acids is 2. The highest BCUT2D eigenvalue weighted by atomic mass is 16.4. The molecule has 0 spiro atoms. The van der Waals surface area contributed by atoms with E-state index < -0.39 is 17.4 Å². The van der Waals surface area contributed by atoms with E-state index in [0.29, 0.717) is 5.92 Å². The van der Waals surface area contributed by atoms with Gasteiger partial charge in [-0.1, -0.05) is 31.9 Å². The minimum atomic E-state index is -0.737. The van der Waals surface area contributed by atoms with Crippen LogP contribution in [0.1, 0.15) is 72.6 Å². The predicted octanol–water partition coefficient (Wildman–Crippen LogP) is 4.74. The first-order valence-corrected chi connectivity index (χ1v) is 9.23. The molecule has 4 heteroatoms. The van der Waals surface area contributed by atoms with Crippen molar-refractivity contribution in [2.45, 2.75) is 72.6 Å². The molecule has 0 aromatic rings. The van der Waals surface area contributed by atoms with E-state index in [0.717, 1.165) is 38.5 Å². The van der Waals surface area contributed by atoms with Gasteiger partial charge in [-0.3, -0.25) is 9.59 Å². The van der Waals surface area contributed by atoms with Gasteiger partial charge in [-0.2, -0.15) is 0 Å². The van der Waals surface area contributed by atoms with Gasteiger partial charge < -0.3 is 10.2 Å². The summed E-state index contributed by atoms with van der Waals surface area (Å²) in [4.78, 5) is 22.9. The molecule has 0 saturated heterocycles. The average molecular weight is 336 g/mol. The van der Waals surface area contributed by atoms with Crippen LogP contribution in [0.3, 0.4) is 0 Å². The van der Waals surface area contributed by atoms with E-state index in [1.807, 2.05) is 13.8 Å². The van der Waals surface area contributed by atoms with E-state index in [-0.39, 0.29) is 23.7 Å². The summed E-state index contributed by atoms with van der Waals surface area (Å²) in [5.74, 6) is -0.706. The van der Waals surface area contributed by atoms with Crippen LogP contribution >= 0.6 is 0 Å². The highest BCUT2D eigenvalue weighted by molar-refractivity contribution is 5.75. The van der Waals surface area contributed by atoms with Crippen LogP contribution in [0, 0.1) is 28.6 Å². The third-order valence-corrected chi connectivity index (χ3v) is 6.96. The van der Waals surface area contributed by atoms with Crippen LogP contribution in [0.2, 0.25) is 0 Å². The van der Waals surface area contributed by atoms with Crippen molar-refractivity contribution >= 4 is 11.9 Å². The number of carboxylic acid groups (broad SMARTS) is 2. The minimum absolute atomic E-state index is 0.00711. The summed E-state index contributed by atoms with van der Waals surface area (Å²) in [6.45, 7) is 8.37. The molecular formula is C20H32O4. The molecule has 2 rings (SSSR count). The van der Waals surface area contributed by atoms with E-state index in [4.69, 9.17) is 5.11 Å². The lowest BCUT2D eigenvalue weighted by molar-refractivity contribution is -0.162. The summed E-state index contributed by atoms with van der Waals surface area (Å²) in [6, 6.07) is 0. The summed E-state index contributed by atoms with van der Waals surface area (Å²) in [7, 11) is 0. The summed E-state index contributed by atoms with van der Waals surface area (Å²) in [5, 5.41) is 18.8. The van der Waals surface area contributed by atoms with Crippen molar-refractivity contribution in [3.05, 3.63) is 11.6 Å². The third-order valence-electron chi connectivity index (χ3n) is 6.96. The zero-order valence-electron chi connectivity index (χ0n) is 15.5. The van der Waals surface area contributed by atoms with Crippen LogP contribution in [-0.4, -0.2) is 22.2 Å². The van der Waals surface area contributed by atoms with Gasteiger partial charge in [-0.05, 0) is 69.1 Å². The van der Waals surface area contributed by atoms with Gasteiger partial charge in [0, 0.05) is 6.42 Å². The number of rotatable bonds is 6. The molecule has 0 amide bonds. The highest BCUT2D eigenvalue weighted by Gasteiger charge is 2.56. The summed E-state index contributed by atoms with van der Waals surface area (Å²) in [6.07, 6.45) is 7.94. The third kappa shape index (κ3) is 3.38. The van der Waals surface area contributed by atoms with Gasteiger partial charge in [0.1, 0.15) is 0 Å². The number of carbonyl (C=O) groups is 2. The SMILES string of the molecule is CC1=CC[C@@H]2[C@](C)(CCC[C@@]2(C)C(=O)O)[C@H]1CC[C@@H](C)CC(=O)O. The van der Waals surface area contributed by atoms with Crippen molar-refractivity contribution in [3.63, 3.8) is 0 Å². The van der Waals surface area contributed by atoms with E-state index >= 15 is 0 Å². The van der Waals surface area contributed by atoms with Crippen LogP contribution in [0.5, 0.6) is 0 Å². The van der Waals surface area contributed by atoms with Crippen LogP contribution in [0.25, 0.3) is 0 Å². The average Bonchev–Trinajstić information content (AvgIpc) is 2.45. The molecule has 136 valence electrons. The first kappa shape index (κ1) is 19.0. The van der Waals surface area contributed by atoms with Crippen molar-refractivity contribution in [1.29, 1.82) is 0 Å². The predicted molar refractivity (Wildman–Crippen MR) is 93.7 cm³/mol. The van der Waals surface area contributed by atoms with Gasteiger partial charge in [0.15, 0.2) is 0 Å². The first-order chi connectivity index (χ1) is 11.1. The lowest BCUT2D eigenvalue weighted by Crippen LogP contribution is -2.52. The maximum absolute atomic E-state index is 12.0. The molecule has 2 aliphatic carbocycles. The normalized spacial score (nSPS) is 37.2. The second kappa shape index (κ2) is 6.89. The molecule has 1 fully saturated rings. The number of carboxylic acids is 2. The lowest BCUT2D eigenvalue weighted by Gasteiger charge is -2.56. The Kier molecular flexibility index (Phi) is 5.46. The zero-order valence-corrected chi connectivity index (χ0v) is 15.5. The molecule has 0 aromatic carbocycles. The zero-order chi connectivity index (χ0) is 18.1. The van der Waals surface area contributed by atoms with Gasteiger partial charge in [-0.15, -0.1) is 0 Å². The molecule has 0 radical (unpaired) electrons. The van der Waals surface area contributed by atoms with E-state index in [1.165, 1.54) is 5.57 Å². The highest BCUT2D eigenvalue weighted by Crippen LogP contribution is 2.60. The Labute approximate surface area is 145 Å². The molecule has 1 saturated carbocycles. The van der Waals surface area contributed by atoms with E-state index in [9.17, 15) is 14.7 Å². The Morgan fingerprint density at radius 2 is 1.96 bits per heavy atom. The fourth-order valence-corrected chi connectivity index (χ4v) is 5.49. The molecule has 0 bridgehead atoms. The Hall–Kier alpha value is -1.32. The topological polar surface area (TPSA) is 74.6 Å². The molecule has 4 nitrogen and oxygen atoms in total. The number of hydrogen-bond donors (Lipinski definition) is 2. The van der Waals surface area contributed by atoms with Gasteiger partial charge in [0.25, 0.3) is 0 Å². The summed E-state index contributed by atoms with van der Waals surface area (Å²) in [5.41, 5.74) is 0.730. The molecule has 0 heterocycles. The minimum Gasteiger partial charge on any atom is -0.481 e. The van der Waals surface area contributed by atoms with E-state index in [1.54, 1.807) is 0 Å². The number of allylic oxidation sites excluding steroid dienone is 2. The summed E-state index contributed by atoms with van der Waals surface area (Å²) >= 11 is 0. The fraction of sp³-hybridized carbons (Fsp3) is 0.800. The molecule has 0 aliphatic heterocycles. The Morgan fingerprint density at radius 1 is 1.29 bits per heavy atom. The molecule has 24 heavy (non-hydrogen) atoms. The lowest BCUT2D eigenvalue weighted by atomic mass is 9.47. The molecule has 5 atom stereocenters. The van der Waals surface area contributed by atoms with Crippen molar-refractivity contribution in [3.8, 4) is 0 Å². The maximum atomic E-state index is 12.0. The van der Waals surface area contributed by atoms with Crippen LogP contribution in [0.4, 0.5) is 0 Å². The van der Waals surface area contributed by atoms with Crippen molar-refractivity contribution in [1.82, 2.24) is 0 Å². The maximum Gasteiger partial charge on any atom is 0.309 e. The van der Waals surface area contributed by atoms with E-state index in [2.05, 4.69) is 19.9 Å².